The lowest BCUT2D eigenvalue weighted by Crippen LogP contribution is -2.22. The molecule has 0 atom stereocenters. The van der Waals surface area contributed by atoms with E-state index in [9.17, 15) is 9.59 Å². The molecule has 1 aromatic heterocycles. The van der Waals surface area contributed by atoms with Crippen LogP contribution in [0.2, 0.25) is 0 Å². The average Bonchev–Trinajstić information content (AvgIpc) is 2.44. The fourth-order valence-corrected chi connectivity index (χ4v) is 1.23. The van der Waals surface area contributed by atoms with E-state index in [0.29, 0.717) is 10.2 Å². The van der Waals surface area contributed by atoms with Crippen LogP contribution < -0.4 is 5.56 Å². The van der Waals surface area contributed by atoms with Gasteiger partial charge in [0.1, 0.15) is 5.75 Å². The second-order valence-electron chi connectivity index (χ2n) is 2.76. The molecule has 1 heterocycles. The molecule has 0 amide bonds. The normalized spacial score (nSPS) is 10.6. The van der Waals surface area contributed by atoms with Gasteiger partial charge in [0.15, 0.2) is 0 Å². The standard InChI is InChI=1S/C8H6N2O4/c11-4-1-2-6-5(3-4)7(12)10(9-6)8(13)14/h1-3,9,11H,(H,13,14). The van der Waals surface area contributed by atoms with Gasteiger partial charge in [0.05, 0.1) is 10.9 Å². The SMILES string of the molecule is O=C(O)n1[nH]c2ccc(O)cc2c1=O. The molecule has 6 heteroatoms. The van der Waals surface area contributed by atoms with Crippen molar-refractivity contribution in [3.8, 4) is 5.75 Å². The highest BCUT2D eigenvalue weighted by Gasteiger charge is 2.11. The van der Waals surface area contributed by atoms with E-state index in [0.717, 1.165) is 0 Å². The molecule has 0 aliphatic heterocycles. The van der Waals surface area contributed by atoms with Gasteiger partial charge in [-0.3, -0.25) is 9.89 Å². The number of rotatable bonds is 0. The number of phenolic OH excluding ortho intramolecular Hbond substituents is 1. The van der Waals surface area contributed by atoms with Crippen molar-refractivity contribution in [3.63, 3.8) is 0 Å². The highest BCUT2D eigenvalue weighted by molar-refractivity contribution is 5.82. The van der Waals surface area contributed by atoms with Gasteiger partial charge in [-0.25, -0.2) is 4.79 Å². The number of H-pyrrole nitrogens is 1. The zero-order chi connectivity index (χ0) is 10.3. The number of carboxylic acid groups (broad SMARTS) is 1. The van der Waals surface area contributed by atoms with Crippen molar-refractivity contribution < 1.29 is 15.0 Å². The third-order valence-corrected chi connectivity index (χ3v) is 1.86. The van der Waals surface area contributed by atoms with Crippen molar-refractivity contribution in [2.45, 2.75) is 0 Å². The zero-order valence-corrected chi connectivity index (χ0v) is 6.89. The number of nitrogens with one attached hydrogen (secondary N) is 1. The second kappa shape index (κ2) is 2.63. The van der Waals surface area contributed by atoms with Gasteiger partial charge in [-0.2, -0.15) is 0 Å². The fourth-order valence-electron chi connectivity index (χ4n) is 1.23. The molecule has 0 aliphatic rings. The number of carbonyl (C=O) groups is 1. The number of aromatic hydroxyl groups is 1. The molecule has 0 spiro atoms. The molecule has 0 saturated heterocycles. The van der Waals surface area contributed by atoms with E-state index < -0.39 is 11.7 Å². The minimum Gasteiger partial charge on any atom is -0.508 e. The average molecular weight is 194 g/mol. The number of fused-ring (bicyclic) bond motifs is 1. The quantitative estimate of drug-likeness (QED) is 0.571. The number of hydrogen-bond donors (Lipinski definition) is 3. The number of aromatic amines is 1. The van der Waals surface area contributed by atoms with Crippen LogP contribution in [-0.2, 0) is 0 Å². The maximum atomic E-state index is 11.4. The Kier molecular flexibility index (Phi) is 1.57. The van der Waals surface area contributed by atoms with Crippen LogP contribution in [0.4, 0.5) is 4.79 Å². The number of hydrogen-bond acceptors (Lipinski definition) is 3. The van der Waals surface area contributed by atoms with E-state index >= 15 is 0 Å². The van der Waals surface area contributed by atoms with Gasteiger partial charge in [-0.1, -0.05) is 0 Å². The monoisotopic (exact) mass is 194 g/mol. The first-order chi connectivity index (χ1) is 6.59. The van der Waals surface area contributed by atoms with Crippen LogP contribution in [0, 0.1) is 0 Å². The molecule has 0 bridgehead atoms. The minimum atomic E-state index is -1.38. The summed E-state index contributed by atoms with van der Waals surface area (Å²) >= 11 is 0. The first kappa shape index (κ1) is 8.36. The van der Waals surface area contributed by atoms with Crippen LogP contribution in [0.1, 0.15) is 0 Å². The maximum Gasteiger partial charge on any atom is 0.433 e. The van der Waals surface area contributed by atoms with Gasteiger partial charge in [0.25, 0.3) is 5.56 Å². The van der Waals surface area contributed by atoms with Crippen molar-refractivity contribution in [2.75, 3.05) is 0 Å². The molecule has 0 saturated carbocycles. The van der Waals surface area contributed by atoms with Crippen molar-refractivity contribution >= 4 is 17.0 Å². The largest absolute Gasteiger partial charge is 0.508 e. The predicted octanol–water partition coefficient (Wildman–Crippen LogP) is 0.561. The first-order valence-corrected chi connectivity index (χ1v) is 3.76. The third-order valence-electron chi connectivity index (χ3n) is 1.86. The Labute approximate surface area is 77.0 Å². The van der Waals surface area contributed by atoms with Gasteiger partial charge < -0.3 is 10.2 Å². The van der Waals surface area contributed by atoms with Crippen molar-refractivity contribution in [2.24, 2.45) is 0 Å². The van der Waals surface area contributed by atoms with E-state index in [-0.39, 0.29) is 11.1 Å². The van der Waals surface area contributed by atoms with Crippen LogP contribution in [0.3, 0.4) is 0 Å². The molecule has 1 aromatic carbocycles. The Morgan fingerprint density at radius 2 is 2.14 bits per heavy atom. The summed E-state index contributed by atoms with van der Waals surface area (Å²) in [5.74, 6) is -0.0776. The summed E-state index contributed by atoms with van der Waals surface area (Å²) in [5, 5.41) is 20.2. The molecule has 0 fully saturated rings. The first-order valence-electron chi connectivity index (χ1n) is 3.76. The van der Waals surface area contributed by atoms with Gasteiger partial charge in [0.2, 0.25) is 0 Å². The molecule has 14 heavy (non-hydrogen) atoms. The summed E-state index contributed by atoms with van der Waals surface area (Å²) in [4.78, 5) is 21.9. The van der Waals surface area contributed by atoms with Gasteiger partial charge >= 0.3 is 6.09 Å². The lowest BCUT2D eigenvalue weighted by molar-refractivity contribution is 0.192. The smallest absolute Gasteiger partial charge is 0.433 e. The molecule has 6 nitrogen and oxygen atoms in total. The van der Waals surface area contributed by atoms with Crippen LogP contribution in [-0.4, -0.2) is 26.1 Å². The molecule has 0 aliphatic carbocycles. The Morgan fingerprint density at radius 3 is 2.79 bits per heavy atom. The second-order valence-corrected chi connectivity index (χ2v) is 2.76. The lowest BCUT2D eigenvalue weighted by atomic mass is 10.2. The van der Waals surface area contributed by atoms with Crippen LogP contribution in [0.15, 0.2) is 23.0 Å². The highest BCUT2D eigenvalue weighted by Crippen LogP contribution is 2.14. The summed E-state index contributed by atoms with van der Waals surface area (Å²) in [6.45, 7) is 0. The Hall–Kier alpha value is -2.24. The topological polar surface area (TPSA) is 95.3 Å². The van der Waals surface area contributed by atoms with E-state index in [4.69, 9.17) is 10.2 Å². The van der Waals surface area contributed by atoms with Gasteiger partial charge in [0, 0.05) is 0 Å². The van der Waals surface area contributed by atoms with Crippen molar-refractivity contribution in [1.29, 1.82) is 0 Å². The summed E-state index contributed by atoms with van der Waals surface area (Å²) < 4.78 is 0.462. The summed E-state index contributed by atoms with van der Waals surface area (Å²) in [6, 6.07) is 4.02. The molecule has 0 unspecified atom stereocenters. The molecule has 0 radical (unpaired) electrons. The molecule has 3 N–H and O–H groups in total. The van der Waals surface area contributed by atoms with Gasteiger partial charge in [-0.15, -0.1) is 4.68 Å². The Bertz CT molecular complexity index is 566. The summed E-state index contributed by atoms with van der Waals surface area (Å²) in [7, 11) is 0. The molecule has 72 valence electrons. The van der Waals surface area contributed by atoms with Crippen molar-refractivity contribution in [3.05, 3.63) is 28.6 Å². The third kappa shape index (κ3) is 1.05. The summed E-state index contributed by atoms with van der Waals surface area (Å²) in [5.41, 5.74) is -0.321. The van der Waals surface area contributed by atoms with E-state index in [1.165, 1.54) is 18.2 Å². The Balaban J connectivity index is 2.88. The van der Waals surface area contributed by atoms with E-state index in [1.807, 2.05) is 0 Å². The van der Waals surface area contributed by atoms with Crippen molar-refractivity contribution in [1.82, 2.24) is 9.78 Å². The molecule has 2 rings (SSSR count). The van der Waals surface area contributed by atoms with E-state index in [2.05, 4.69) is 5.10 Å². The lowest BCUT2D eigenvalue weighted by Gasteiger charge is -1.88. The number of phenols is 1. The zero-order valence-electron chi connectivity index (χ0n) is 6.89. The van der Waals surface area contributed by atoms with E-state index in [1.54, 1.807) is 0 Å². The fraction of sp³-hybridized carbons (Fsp3) is 0. The van der Waals surface area contributed by atoms with Crippen LogP contribution >= 0.6 is 0 Å². The van der Waals surface area contributed by atoms with Gasteiger partial charge in [-0.05, 0) is 18.2 Å². The molecular formula is C8H6N2O4. The molecule has 2 aromatic rings. The minimum absolute atomic E-state index is 0.0776. The van der Waals surface area contributed by atoms with Crippen LogP contribution in [0.5, 0.6) is 5.75 Å². The highest BCUT2D eigenvalue weighted by atomic mass is 16.4. The predicted molar refractivity (Wildman–Crippen MR) is 47.6 cm³/mol. The Morgan fingerprint density at radius 1 is 1.43 bits per heavy atom. The number of aromatic nitrogens is 2. The van der Waals surface area contributed by atoms with Crippen LogP contribution in [0.25, 0.3) is 10.9 Å². The number of nitrogens with zero attached hydrogens (tertiary/aromatic N) is 1. The molecular weight excluding hydrogens is 188 g/mol. The number of benzene rings is 1. The summed E-state index contributed by atoms with van der Waals surface area (Å²) in [6.07, 6.45) is -1.38. The maximum absolute atomic E-state index is 11.4.